The summed E-state index contributed by atoms with van der Waals surface area (Å²) in [4.78, 5) is 25.8. The average molecular weight is 517 g/mol. The number of hydrogen-bond donors (Lipinski definition) is 1. The summed E-state index contributed by atoms with van der Waals surface area (Å²) in [6, 6.07) is 9.82. The summed E-state index contributed by atoms with van der Waals surface area (Å²) >= 11 is 2.65. The van der Waals surface area contributed by atoms with Gasteiger partial charge < -0.3 is 19.4 Å². The van der Waals surface area contributed by atoms with E-state index < -0.39 is 5.97 Å². The molecule has 0 unspecified atom stereocenters. The minimum Gasteiger partial charge on any atom is -0.486 e. The monoisotopic (exact) mass is 516 g/mol. The Labute approximate surface area is 214 Å². The Hall–Kier alpha value is -2.85. The normalized spacial score (nSPS) is 11.4. The van der Waals surface area contributed by atoms with E-state index in [4.69, 9.17) is 9.47 Å². The van der Waals surface area contributed by atoms with Crippen LogP contribution in [0.25, 0.3) is 0 Å². The van der Waals surface area contributed by atoms with Crippen LogP contribution in [-0.4, -0.2) is 39.0 Å². The molecule has 8 nitrogen and oxygen atoms in total. The second kappa shape index (κ2) is 11.7. The Bertz CT molecular complexity index is 1160. The number of thiophene rings is 1. The first kappa shape index (κ1) is 26.7. The van der Waals surface area contributed by atoms with Crippen LogP contribution < -0.4 is 10.1 Å². The number of esters is 1. The lowest BCUT2D eigenvalue weighted by Crippen LogP contribution is -2.16. The maximum Gasteiger partial charge on any atom is 0.341 e. The van der Waals surface area contributed by atoms with Crippen LogP contribution in [0, 0.1) is 0 Å². The van der Waals surface area contributed by atoms with E-state index in [1.165, 1.54) is 28.7 Å². The fourth-order valence-electron chi connectivity index (χ4n) is 3.16. The highest BCUT2D eigenvalue weighted by atomic mass is 32.2. The van der Waals surface area contributed by atoms with Gasteiger partial charge in [0.25, 0.3) is 0 Å². The van der Waals surface area contributed by atoms with E-state index in [0.29, 0.717) is 21.5 Å². The fraction of sp³-hybridized carbons (Fsp3) is 0.440. The SMILES string of the molecule is CCOC(=O)c1cc(CC)sc1NC(=O)CSc1nnc(COc2ccc(C(C)(C)C)cc2)n1C. The molecule has 1 amide bonds. The number of anilines is 1. The van der Waals surface area contributed by atoms with Crippen LogP contribution in [0.1, 0.15) is 61.2 Å². The molecule has 0 saturated heterocycles. The van der Waals surface area contributed by atoms with E-state index in [9.17, 15) is 9.59 Å². The summed E-state index contributed by atoms with van der Waals surface area (Å²) in [5, 5.41) is 12.3. The lowest BCUT2D eigenvalue weighted by Gasteiger charge is -2.19. The van der Waals surface area contributed by atoms with E-state index in [1.54, 1.807) is 13.0 Å². The van der Waals surface area contributed by atoms with Gasteiger partial charge in [0.05, 0.1) is 17.9 Å². The molecular formula is C25H32N4O4S2. The molecule has 10 heteroatoms. The van der Waals surface area contributed by atoms with Crippen LogP contribution in [0.5, 0.6) is 5.75 Å². The van der Waals surface area contributed by atoms with Crippen molar-refractivity contribution in [2.24, 2.45) is 7.05 Å². The van der Waals surface area contributed by atoms with Crippen LogP contribution in [0.3, 0.4) is 0 Å². The Morgan fingerprint density at radius 2 is 1.86 bits per heavy atom. The number of carbonyl (C=O) groups excluding carboxylic acids is 2. The van der Waals surface area contributed by atoms with Gasteiger partial charge in [0, 0.05) is 11.9 Å². The van der Waals surface area contributed by atoms with E-state index in [0.717, 1.165) is 17.0 Å². The standard InChI is InChI=1S/C25H32N4O4S2/c1-7-18-13-19(23(31)32-8-2)22(35-18)26-21(30)15-34-24-28-27-20(29(24)6)14-33-17-11-9-16(10-12-17)25(3,4)5/h9-13H,7-8,14-15H2,1-6H3,(H,26,30). The molecule has 1 N–H and O–H groups in total. The highest BCUT2D eigenvalue weighted by Gasteiger charge is 2.19. The number of nitrogens with one attached hydrogen (secondary N) is 1. The van der Waals surface area contributed by atoms with Crippen LogP contribution in [0.2, 0.25) is 0 Å². The smallest absolute Gasteiger partial charge is 0.341 e. The molecule has 0 fully saturated rings. The third-order valence-corrected chi connectivity index (χ3v) is 7.44. The second-order valence-corrected chi connectivity index (χ2v) is 11.0. The number of ether oxygens (including phenoxy) is 2. The summed E-state index contributed by atoms with van der Waals surface area (Å²) < 4.78 is 12.8. The Kier molecular flexibility index (Phi) is 8.96. The topological polar surface area (TPSA) is 95.3 Å². The number of carbonyl (C=O) groups is 2. The molecule has 0 radical (unpaired) electrons. The van der Waals surface area contributed by atoms with Gasteiger partial charge in [-0.05, 0) is 42.5 Å². The van der Waals surface area contributed by atoms with Crippen LogP contribution in [-0.2, 0) is 35.0 Å². The maximum atomic E-state index is 12.6. The van der Waals surface area contributed by atoms with Gasteiger partial charge >= 0.3 is 5.97 Å². The highest BCUT2D eigenvalue weighted by molar-refractivity contribution is 7.99. The molecule has 0 aliphatic carbocycles. The van der Waals surface area contributed by atoms with Crippen molar-refractivity contribution in [3.05, 3.63) is 52.2 Å². The maximum absolute atomic E-state index is 12.6. The summed E-state index contributed by atoms with van der Waals surface area (Å²) in [5.41, 5.74) is 1.71. The third-order valence-electron chi connectivity index (χ3n) is 5.23. The van der Waals surface area contributed by atoms with Crippen molar-refractivity contribution in [2.75, 3.05) is 17.7 Å². The molecule has 188 valence electrons. The van der Waals surface area contributed by atoms with Crippen LogP contribution >= 0.6 is 23.1 Å². The molecule has 35 heavy (non-hydrogen) atoms. The number of rotatable bonds is 10. The number of aryl methyl sites for hydroxylation is 1. The number of amides is 1. The average Bonchev–Trinajstić information content (AvgIpc) is 3.39. The predicted molar refractivity (Wildman–Crippen MR) is 139 cm³/mol. The molecule has 0 bridgehead atoms. The zero-order valence-corrected chi connectivity index (χ0v) is 22.6. The van der Waals surface area contributed by atoms with Gasteiger partial charge in [-0.15, -0.1) is 21.5 Å². The number of benzene rings is 1. The van der Waals surface area contributed by atoms with Crippen molar-refractivity contribution < 1.29 is 19.1 Å². The Balaban J connectivity index is 1.56. The minimum atomic E-state index is -0.433. The summed E-state index contributed by atoms with van der Waals surface area (Å²) in [6.45, 7) is 10.8. The van der Waals surface area contributed by atoms with Crippen LogP contribution in [0.4, 0.5) is 5.00 Å². The lowest BCUT2D eigenvalue weighted by atomic mass is 9.87. The van der Waals surface area contributed by atoms with Crippen LogP contribution in [0.15, 0.2) is 35.5 Å². The molecule has 0 aliphatic rings. The minimum absolute atomic E-state index is 0.0860. The molecule has 0 atom stereocenters. The zero-order valence-electron chi connectivity index (χ0n) is 21.0. The van der Waals surface area contributed by atoms with Gasteiger partial charge in [0.1, 0.15) is 17.4 Å². The van der Waals surface area contributed by atoms with Crippen molar-refractivity contribution in [2.45, 2.75) is 58.2 Å². The molecule has 0 aliphatic heterocycles. The molecule has 0 spiro atoms. The van der Waals surface area contributed by atoms with Gasteiger partial charge in [-0.3, -0.25) is 4.79 Å². The van der Waals surface area contributed by atoms with E-state index in [-0.39, 0.29) is 30.3 Å². The molecular weight excluding hydrogens is 484 g/mol. The van der Waals surface area contributed by atoms with Gasteiger partial charge in [-0.25, -0.2) is 4.79 Å². The van der Waals surface area contributed by atoms with Gasteiger partial charge in [0.15, 0.2) is 11.0 Å². The van der Waals surface area contributed by atoms with Gasteiger partial charge in [-0.2, -0.15) is 0 Å². The van der Waals surface area contributed by atoms with E-state index in [2.05, 4.69) is 48.4 Å². The lowest BCUT2D eigenvalue weighted by molar-refractivity contribution is -0.113. The largest absolute Gasteiger partial charge is 0.486 e. The number of nitrogens with zero attached hydrogens (tertiary/aromatic N) is 3. The number of aromatic nitrogens is 3. The summed E-state index contributed by atoms with van der Waals surface area (Å²) in [6.07, 6.45) is 0.770. The number of thioether (sulfide) groups is 1. The molecule has 2 aromatic heterocycles. The first-order chi connectivity index (χ1) is 16.6. The van der Waals surface area contributed by atoms with Crippen molar-refractivity contribution in [3.8, 4) is 5.75 Å². The summed E-state index contributed by atoms with van der Waals surface area (Å²) in [5.74, 6) is 0.878. The zero-order chi connectivity index (χ0) is 25.6. The van der Waals surface area contributed by atoms with Crippen molar-refractivity contribution in [1.82, 2.24) is 14.8 Å². The quantitative estimate of drug-likeness (QED) is 0.291. The number of hydrogen-bond acceptors (Lipinski definition) is 8. The molecule has 2 heterocycles. The van der Waals surface area contributed by atoms with E-state index in [1.807, 2.05) is 30.7 Å². The molecule has 1 aromatic carbocycles. The van der Waals surface area contributed by atoms with Crippen molar-refractivity contribution >= 4 is 40.0 Å². The second-order valence-electron chi connectivity index (χ2n) is 8.89. The molecule has 0 saturated carbocycles. The molecule has 3 rings (SSSR count). The van der Waals surface area contributed by atoms with Crippen molar-refractivity contribution in [3.63, 3.8) is 0 Å². The Morgan fingerprint density at radius 1 is 1.14 bits per heavy atom. The fourth-order valence-corrected chi connectivity index (χ4v) is 4.89. The molecule has 3 aromatic rings. The van der Waals surface area contributed by atoms with Gasteiger partial charge in [-0.1, -0.05) is 51.6 Å². The highest BCUT2D eigenvalue weighted by Crippen LogP contribution is 2.30. The summed E-state index contributed by atoms with van der Waals surface area (Å²) in [7, 11) is 1.84. The van der Waals surface area contributed by atoms with E-state index >= 15 is 0 Å². The first-order valence-electron chi connectivity index (χ1n) is 11.5. The third kappa shape index (κ3) is 7.08. The predicted octanol–water partition coefficient (Wildman–Crippen LogP) is 5.22. The van der Waals surface area contributed by atoms with Gasteiger partial charge in [0.2, 0.25) is 5.91 Å². The first-order valence-corrected chi connectivity index (χ1v) is 13.3. The van der Waals surface area contributed by atoms with Crippen molar-refractivity contribution in [1.29, 1.82) is 0 Å². The Morgan fingerprint density at radius 3 is 2.49 bits per heavy atom.